The first-order valence-corrected chi connectivity index (χ1v) is 6.73. The van der Waals surface area contributed by atoms with E-state index in [9.17, 15) is 13.6 Å². The number of carboxylic acid groups (broad SMARTS) is 1. The summed E-state index contributed by atoms with van der Waals surface area (Å²) in [6.07, 6.45) is -3.83. The van der Waals surface area contributed by atoms with Gasteiger partial charge in [-0.15, -0.1) is 8.78 Å². The van der Waals surface area contributed by atoms with Gasteiger partial charge in [0.05, 0.1) is 21.4 Å². The summed E-state index contributed by atoms with van der Waals surface area (Å²) in [4.78, 5) is 15.0. The van der Waals surface area contributed by atoms with Crippen LogP contribution in [0.15, 0.2) is 18.2 Å². The molecular weight excluding hydrogens is 357 g/mol. The summed E-state index contributed by atoms with van der Waals surface area (Å²) in [6, 6.07) is 3.80. The number of hydrogen-bond donors (Lipinski definition) is 2. The molecule has 10 heteroatoms. The number of carbonyl (C=O) groups is 1. The molecule has 0 atom stereocenters. The predicted molar refractivity (Wildman–Crippen MR) is 77.3 cm³/mol. The number of anilines is 1. The number of alkyl halides is 2. The summed E-state index contributed by atoms with van der Waals surface area (Å²) in [5.41, 5.74) is 5.29. The molecule has 0 radical (unpaired) electrons. The van der Waals surface area contributed by atoms with Crippen LogP contribution in [0.3, 0.4) is 0 Å². The van der Waals surface area contributed by atoms with E-state index in [1.165, 1.54) is 18.2 Å². The summed E-state index contributed by atoms with van der Waals surface area (Å²) in [5, 5.41) is 8.63. The molecule has 0 aliphatic carbocycles. The van der Waals surface area contributed by atoms with Crippen LogP contribution in [0.4, 0.5) is 14.5 Å². The third-order valence-corrected chi connectivity index (χ3v) is 3.75. The summed E-state index contributed by atoms with van der Waals surface area (Å²) in [7, 11) is 0. The Morgan fingerprint density at radius 2 is 1.96 bits per heavy atom. The van der Waals surface area contributed by atoms with Crippen LogP contribution in [0, 0.1) is 0 Å². The van der Waals surface area contributed by atoms with Crippen LogP contribution in [-0.4, -0.2) is 22.4 Å². The van der Waals surface area contributed by atoms with Crippen molar-refractivity contribution in [1.29, 1.82) is 0 Å². The van der Waals surface area contributed by atoms with Gasteiger partial charge in [-0.05, 0) is 18.2 Å². The van der Waals surface area contributed by atoms with E-state index in [4.69, 9.17) is 34.0 Å². The number of benzene rings is 1. The number of carboxylic acids is 1. The zero-order valence-corrected chi connectivity index (χ0v) is 12.5. The number of fused-ring (bicyclic) bond motifs is 1. The Morgan fingerprint density at radius 1 is 1.26 bits per heavy atom. The smallest absolute Gasteiger partial charge is 0.476 e. The molecule has 0 spiro atoms. The van der Waals surface area contributed by atoms with Crippen LogP contribution in [0.5, 0.6) is 11.5 Å². The molecule has 120 valence electrons. The number of nitrogen functional groups attached to an aromatic ring is 1. The van der Waals surface area contributed by atoms with Crippen molar-refractivity contribution in [3.05, 3.63) is 33.9 Å². The maximum atomic E-state index is 13.1. The SMILES string of the molecule is Nc1cc(-c2ccc3c(c2Cl)OC(F)(F)O3)nc(C(=O)O)c1Cl. The minimum atomic E-state index is -3.83. The molecule has 3 rings (SSSR count). The van der Waals surface area contributed by atoms with Gasteiger partial charge in [0, 0.05) is 5.56 Å². The highest BCUT2D eigenvalue weighted by Gasteiger charge is 2.45. The van der Waals surface area contributed by atoms with Crippen molar-refractivity contribution < 1.29 is 28.2 Å². The van der Waals surface area contributed by atoms with E-state index in [0.29, 0.717) is 0 Å². The predicted octanol–water partition coefficient (Wildman–Crippen LogP) is 3.66. The highest BCUT2D eigenvalue weighted by molar-refractivity contribution is 6.36. The number of aromatic carboxylic acids is 1. The van der Waals surface area contributed by atoms with Crippen molar-refractivity contribution in [3.63, 3.8) is 0 Å². The molecule has 3 N–H and O–H groups in total. The van der Waals surface area contributed by atoms with Crippen LogP contribution < -0.4 is 15.2 Å². The van der Waals surface area contributed by atoms with E-state index in [0.717, 1.165) is 0 Å². The molecule has 1 aliphatic rings. The number of aromatic nitrogens is 1. The van der Waals surface area contributed by atoms with Crippen LogP contribution in [0.1, 0.15) is 10.5 Å². The minimum absolute atomic E-state index is 0.0379. The Bertz CT molecular complexity index is 845. The standard InChI is InChI=1S/C13H6Cl2F2N2O4/c14-8-4(1-2-7-11(8)23-13(16,17)22-7)6-3-5(18)9(15)10(19-6)12(20)21/h1-3H,(H2,18,19)(H,20,21). The maximum absolute atomic E-state index is 13.1. The van der Waals surface area contributed by atoms with Crippen molar-refractivity contribution in [2.75, 3.05) is 5.73 Å². The highest BCUT2D eigenvalue weighted by Crippen LogP contribution is 2.49. The van der Waals surface area contributed by atoms with E-state index in [1.54, 1.807) is 0 Å². The molecule has 1 aliphatic heterocycles. The van der Waals surface area contributed by atoms with Gasteiger partial charge in [-0.3, -0.25) is 0 Å². The lowest BCUT2D eigenvalue weighted by Crippen LogP contribution is -2.26. The molecule has 2 heterocycles. The second kappa shape index (κ2) is 5.10. The highest BCUT2D eigenvalue weighted by atomic mass is 35.5. The van der Waals surface area contributed by atoms with Crippen molar-refractivity contribution in [3.8, 4) is 22.8 Å². The van der Waals surface area contributed by atoms with Gasteiger partial charge in [0.1, 0.15) is 0 Å². The molecule has 1 aromatic carbocycles. The molecule has 23 heavy (non-hydrogen) atoms. The fourth-order valence-electron chi connectivity index (χ4n) is 2.01. The minimum Gasteiger partial charge on any atom is -0.476 e. The topological polar surface area (TPSA) is 94.7 Å². The van der Waals surface area contributed by atoms with Crippen molar-refractivity contribution in [2.24, 2.45) is 0 Å². The average molecular weight is 363 g/mol. The first-order chi connectivity index (χ1) is 10.7. The third kappa shape index (κ3) is 2.60. The average Bonchev–Trinajstić information content (AvgIpc) is 2.77. The Labute approximate surface area is 137 Å². The molecule has 0 fully saturated rings. The zero-order chi connectivity index (χ0) is 16.9. The first-order valence-electron chi connectivity index (χ1n) is 5.97. The number of nitrogens with zero attached hydrogens (tertiary/aromatic N) is 1. The summed E-state index contributed by atoms with van der Waals surface area (Å²) < 4.78 is 34.8. The van der Waals surface area contributed by atoms with Gasteiger partial charge < -0.3 is 20.3 Å². The van der Waals surface area contributed by atoms with Crippen molar-refractivity contribution in [2.45, 2.75) is 6.29 Å². The fraction of sp³-hybridized carbons (Fsp3) is 0.0769. The number of hydrogen-bond acceptors (Lipinski definition) is 5. The van der Waals surface area contributed by atoms with Gasteiger partial charge in [-0.2, -0.15) is 0 Å². The van der Waals surface area contributed by atoms with Crippen molar-refractivity contribution >= 4 is 34.9 Å². The second-order valence-electron chi connectivity index (χ2n) is 4.49. The van der Waals surface area contributed by atoms with Gasteiger partial charge in [0.15, 0.2) is 17.2 Å². The number of nitrogens with two attached hydrogens (primary N) is 1. The molecule has 6 nitrogen and oxygen atoms in total. The van der Waals surface area contributed by atoms with Crippen LogP contribution in [0.2, 0.25) is 10.0 Å². The zero-order valence-electron chi connectivity index (χ0n) is 10.9. The molecule has 0 saturated heterocycles. The van der Waals surface area contributed by atoms with Crippen molar-refractivity contribution in [1.82, 2.24) is 4.98 Å². The Morgan fingerprint density at radius 3 is 2.61 bits per heavy atom. The van der Waals surface area contributed by atoms with E-state index in [2.05, 4.69) is 14.5 Å². The molecule has 0 saturated carbocycles. The van der Waals surface area contributed by atoms with E-state index in [-0.39, 0.29) is 38.5 Å². The normalized spacial score (nSPS) is 14.8. The van der Waals surface area contributed by atoms with E-state index >= 15 is 0 Å². The lowest BCUT2D eigenvalue weighted by Gasteiger charge is -2.09. The summed E-state index contributed by atoms with van der Waals surface area (Å²) in [6.45, 7) is 0. The Kier molecular flexibility index (Phi) is 3.46. The van der Waals surface area contributed by atoms with Gasteiger partial charge in [0.2, 0.25) is 0 Å². The second-order valence-corrected chi connectivity index (χ2v) is 5.24. The molecular formula is C13H6Cl2F2N2O4. The van der Waals surface area contributed by atoms with E-state index in [1.807, 2.05) is 0 Å². The van der Waals surface area contributed by atoms with Gasteiger partial charge >= 0.3 is 12.3 Å². The maximum Gasteiger partial charge on any atom is 0.586 e. The number of ether oxygens (including phenoxy) is 2. The first kappa shape index (κ1) is 15.6. The molecule has 1 aromatic heterocycles. The van der Waals surface area contributed by atoms with Gasteiger partial charge in [-0.25, -0.2) is 9.78 Å². The molecule has 2 aromatic rings. The monoisotopic (exact) mass is 362 g/mol. The lowest BCUT2D eigenvalue weighted by atomic mass is 10.1. The summed E-state index contributed by atoms with van der Waals surface area (Å²) in [5.74, 6) is -2.02. The molecule has 0 bridgehead atoms. The molecule has 0 amide bonds. The largest absolute Gasteiger partial charge is 0.586 e. The molecule has 0 unspecified atom stereocenters. The Balaban J connectivity index is 2.17. The van der Waals surface area contributed by atoms with Gasteiger partial charge in [-0.1, -0.05) is 23.2 Å². The summed E-state index contributed by atoms with van der Waals surface area (Å²) >= 11 is 11.8. The van der Waals surface area contributed by atoms with Crippen LogP contribution >= 0.6 is 23.2 Å². The number of pyridine rings is 1. The van der Waals surface area contributed by atoms with Crippen LogP contribution in [-0.2, 0) is 0 Å². The Hall–Kier alpha value is -2.32. The number of halogens is 4. The van der Waals surface area contributed by atoms with Gasteiger partial charge in [0.25, 0.3) is 0 Å². The van der Waals surface area contributed by atoms with Crippen LogP contribution in [0.25, 0.3) is 11.3 Å². The number of rotatable bonds is 2. The lowest BCUT2D eigenvalue weighted by molar-refractivity contribution is -0.286. The fourth-order valence-corrected chi connectivity index (χ4v) is 2.48. The third-order valence-electron chi connectivity index (χ3n) is 2.98. The van der Waals surface area contributed by atoms with E-state index < -0.39 is 18.0 Å². The quantitative estimate of drug-likeness (QED) is 0.846.